The number of esters is 1. The summed E-state index contributed by atoms with van der Waals surface area (Å²) < 4.78 is 10.7. The number of rotatable bonds is 17. The van der Waals surface area contributed by atoms with Crippen molar-refractivity contribution < 1.29 is 62.9 Å². The van der Waals surface area contributed by atoms with Gasteiger partial charge in [-0.2, -0.15) is 0 Å². The Morgan fingerprint density at radius 1 is 1.14 bits per heavy atom. The number of carbonyl (C=O) groups excluding carboxylic acids is 5. The maximum atomic E-state index is 13.7. The highest BCUT2D eigenvalue weighted by Crippen LogP contribution is 2.42. The van der Waals surface area contributed by atoms with Crippen LogP contribution in [0.25, 0.3) is 0 Å². The number of aliphatic carboxylic acids is 1. The molecule has 3 aliphatic heterocycles. The number of fused-ring (bicyclic) bond motifs is 1. The zero-order valence-corrected chi connectivity index (χ0v) is 35.3. The molecular formula is C37H47ClN7O12S2+. The van der Waals surface area contributed by atoms with E-state index in [9.17, 15) is 44.1 Å². The zero-order valence-electron chi connectivity index (χ0n) is 32.9. The number of phenolic OH excluding ortho intramolecular Hbond substituents is 2. The number of ether oxygens (including phenoxy) is 2. The van der Waals surface area contributed by atoms with Gasteiger partial charge in [-0.25, -0.2) is 14.6 Å². The number of quaternary nitrogens is 1. The first kappa shape index (κ1) is 45.0. The fourth-order valence-corrected chi connectivity index (χ4v) is 8.99. The minimum Gasteiger partial charge on any atom is -0.504 e. The smallest absolute Gasteiger partial charge is 0.413 e. The lowest BCUT2D eigenvalue weighted by atomic mass is 10.0. The number of aromatic nitrogens is 1. The first-order valence-corrected chi connectivity index (χ1v) is 21.1. The van der Waals surface area contributed by atoms with Gasteiger partial charge in [-0.3, -0.25) is 29.4 Å². The number of nitrogens with zero attached hydrogens (tertiary/aromatic N) is 4. The van der Waals surface area contributed by atoms with Crippen LogP contribution in [0.3, 0.4) is 0 Å². The fraction of sp³-hybridized carbons (Fsp3) is 0.514. The number of unbranched alkanes of at least 4 members (excludes halogenated alkanes) is 1. The predicted octanol–water partition coefficient (Wildman–Crippen LogP) is 3.75. The van der Waals surface area contributed by atoms with E-state index in [4.69, 9.17) is 25.9 Å². The van der Waals surface area contributed by atoms with Crippen molar-refractivity contribution in [2.45, 2.75) is 76.8 Å². The van der Waals surface area contributed by atoms with E-state index < -0.39 is 76.8 Å². The first-order valence-electron chi connectivity index (χ1n) is 18.8. The van der Waals surface area contributed by atoms with Crippen molar-refractivity contribution in [1.29, 1.82) is 0 Å². The molecule has 0 saturated carbocycles. The van der Waals surface area contributed by atoms with E-state index in [0.717, 1.165) is 36.7 Å². The lowest BCUT2D eigenvalue weighted by Crippen LogP contribution is -2.71. The van der Waals surface area contributed by atoms with Crippen molar-refractivity contribution in [3.8, 4) is 11.5 Å². The number of hydrogen-bond donors (Lipinski definition) is 6. The SMILES string of the molecule is CCCCC(=O)OCO/N=C(\C(=O)NC1C(=O)N2C(C(=O)O)=C(C[N+]3(CCNC(=O)c4ccc(O)c(O)c4Cl)CCCC3)CSC12)c1csc(NC(=O)OC(C)(C)C)n1. The van der Waals surface area contributed by atoms with Crippen LogP contribution >= 0.6 is 34.7 Å². The number of oxime groups is 1. The third kappa shape index (κ3) is 11.1. The summed E-state index contributed by atoms with van der Waals surface area (Å²) in [7, 11) is 0. The molecule has 6 N–H and O–H groups in total. The number of hydrogen-bond acceptors (Lipinski definition) is 15. The number of anilines is 1. The van der Waals surface area contributed by atoms with Crippen molar-refractivity contribution in [1.82, 2.24) is 20.5 Å². The topological polar surface area (TPSA) is 255 Å². The van der Waals surface area contributed by atoms with Gasteiger partial charge in [-0.1, -0.05) is 30.1 Å². The lowest BCUT2D eigenvalue weighted by Gasteiger charge is -2.50. The number of aromatic hydroxyl groups is 2. The lowest BCUT2D eigenvalue weighted by molar-refractivity contribution is -0.911. The van der Waals surface area contributed by atoms with Gasteiger partial charge in [0.1, 0.15) is 35.0 Å². The molecule has 0 radical (unpaired) electrons. The number of halogens is 1. The number of phenols is 2. The van der Waals surface area contributed by atoms with Crippen molar-refractivity contribution in [3.05, 3.63) is 45.1 Å². The molecule has 0 spiro atoms. The Morgan fingerprint density at radius 2 is 1.86 bits per heavy atom. The second-order valence-corrected chi connectivity index (χ2v) is 17.4. The van der Waals surface area contributed by atoms with Crippen LogP contribution in [0.5, 0.6) is 11.5 Å². The number of thioether (sulfide) groups is 1. The Morgan fingerprint density at radius 3 is 2.54 bits per heavy atom. The summed E-state index contributed by atoms with van der Waals surface area (Å²) >= 11 is 8.32. The molecule has 4 heterocycles. The summed E-state index contributed by atoms with van der Waals surface area (Å²) in [6.45, 7) is 8.74. The van der Waals surface area contributed by atoms with E-state index in [1.54, 1.807) is 20.8 Å². The maximum Gasteiger partial charge on any atom is 0.413 e. The van der Waals surface area contributed by atoms with Crippen LogP contribution in [0, 0.1) is 0 Å². The second kappa shape index (κ2) is 19.3. The first-order chi connectivity index (χ1) is 27.9. The molecule has 3 aliphatic rings. The van der Waals surface area contributed by atoms with Crippen molar-refractivity contribution in [2.24, 2.45) is 5.16 Å². The average molecular weight is 881 g/mol. The summed E-state index contributed by atoms with van der Waals surface area (Å²) in [5.41, 5.74) is -0.868. The molecule has 5 rings (SSSR count). The molecular weight excluding hydrogens is 834 g/mol. The highest BCUT2D eigenvalue weighted by Gasteiger charge is 2.55. The molecule has 1 aromatic carbocycles. The van der Waals surface area contributed by atoms with Crippen molar-refractivity contribution in [3.63, 3.8) is 0 Å². The Kier molecular flexibility index (Phi) is 14.7. The highest BCUT2D eigenvalue weighted by molar-refractivity contribution is 8.00. The van der Waals surface area contributed by atoms with Gasteiger partial charge >= 0.3 is 18.0 Å². The van der Waals surface area contributed by atoms with Crippen LogP contribution in [-0.4, -0.2) is 133 Å². The van der Waals surface area contributed by atoms with Crippen LogP contribution in [0.4, 0.5) is 9.93 Å². The molecule has 22 heteroatoms. The summed E-state index contributed by atoms with van der Waals surface area (Å²) in [6, 6.07) is 1.31. The molecule has 0 aliphatic carbocycles. The van der Waals surface area contributed by atoms with Gasteiger partial charge in [-0.15, -0.1) is 23.1 Å². The van der Waals surface area contributed by atoms with Crippen LogP contribution in [0.1, 0.15) is 75.9 Å². The molecule has 19 nitrogen and oxygen atoms in total. The number of carboxylic acids is 1. The Balaban J connectivity index is 1.28. The number of carboxylic acid groups (broad SMARTS) is 1. The number of nitrogens with one attached hydrogen (secondary N) is 3. The van der Waals surface area contributed by atoms with E-state index in [0.29, 0.717) is 42.7 Å². The van der Waals surface area contributed by atoms with Crippen LogP contribution in [0.2, 0.25) is 5.02 Å². The normalized spacial score (nSPS) is 18.7. The average Bonchev–Trinajstić information content (AvgIpc) is 3.83. The number of likely N-dealkylation sites (tertiary alicyclic amines) is 1. The number of carbonyl (C=O) groups is 6. The van der Waals surface area contributed by atoms with Crippen molar-refractivity contribution >= 4 is 81.3 Å². The van der Waals surface area contributed by atoms with Gasteiger partial charge in [0.15, 0.2) is 22.3 Å². The highest BCUT2D eigenvalue weighted by atomic mass is 35.5. The second-order valence-electron chi connectivity index (χ2n) is 15.0. The molecule has 2 saturated heterocycles. The van der Waals surface area contributed by atoms with Crippen LogP contribution in [-0.2, 0) is 33.5 Å². The van der Waals surface area contributed by atoms with Gasteiger partial charge in [0.2, 0.25) is 0 Å². The van der Waals surface area contributed by atoms with Crippen molar-refractivity contribution in [2.75, 3.05) is 50.6 Å². The van der Waals surface area contributed by atoms with E-state index in [1.165, 1.54) is 28.1 Å². The maximum absolute atomic E-state index is 13.7. The minimum absolute atomic E-state index is 0.0146. The van der Waals surface area contributed by atoms with Crippen LogP contribution < -0.4 is 16.0 Å². The number of thiazole rings is 1. The number of amides is 4. The number of benzene rings is 1. The standard InChI is InChI=1S/C37H46ClN7O12S2/c1-5-6-9-24(47)55-19-56-43-26(22-18-59-35(40-22)42-36(54)57-37(2,3)4)31(50)41-27-32(51)44-28(34(52)53)20(17-58-33(27)44)16-45(13-7-8-14-45)15-12-39-30(49)21-10-11-23(46)29(48)25(21)38/h10-11,18,27,33H,5-9,12-17,19H2,1-4H3,(H5-,39,40,41,42,43,46,48,49,50,52,53,54)/p+1. The fourth-order valence-electron chi connectivity index (χ4n) is 6.73. The molecule has 2 aromatic rings. The largest absolute Gasteiger partial charge is 0.504 e. The summed E-state index contributed by atoms with van der Waals surface area (Å²) in [4.78, 5) is 88.0. The van der Waals surface area contributed by atoms with E-state index in [-0.39, 0.29) is 45.8 Å². The van der Waals surface area contributed by atoms with Gasteiger partial charge < -0.3 is 44.7 Å². The van der Waals surface area contributed by atoms with Crippen LogP contribution in [0.15, 0.2) is 33.9 Å². The predicted molar refractivity (Wildman–Crippen MR) is 216 cm³/mol. The van der Waals surface area contributed by atoms with Gasteiger partial charge in [0.05, 0.1) is 36.8 Å². The van der Waals surface area contributed by atoms with Gasteiger partial charge in [0, 0.05) is 36.0 Å². The monoisotopic (exact) mass is 880 g/mol. The van der Waals surface area contributed by atoms with Gasteiger partial charge in [0.25, 0.3) is 24.5 Å². The molecule has 2 unspecified atom stereocenters. The van der Waals surface area contributed by atoms with E-state index in [1.807, 2.05) is 6.92 Å². The molecule has 320 valence electrons. The number of β-lactam (4-membered cyclic amide) rings is 1. The third-order valence-electron chi connectivity index (χ3n) is 9.52. The van der Waals surface area contributed by atoms with Gasteiger partial charge in [-0.05, 0) is 39.3 Å². The zero-order chi connectivity index (χ0) is 43.1. The molecule has 59 heavy (non-hydrogen) atoms. The Labute approximate surface area is 352 Å². The quantitative estimate of drug-likeness (QED) is 0.0194. The molecule has 0 bridgehead atoms. The van der Waals surface area contributed by atoms with E-state index >= 15 is 0 Å². The molecule has 2 atom stereocenters. The molecule has 4 amide bonds. The minimum atomic E-state index is -1.30. The molecule has 1 aromatic heterocycles. The molecule has 2 fully saturated rings. The summed E-state index contributed by atoms with van der Waals surface area (Å²) in [5, 5.41) is 42.2. The Bertz CT molecular complexity index is 2030. The Hall–Kier alpha value is -5.12. The summed E-state index contributed by atoms with van der Waals surface area (Å²) in [5.74, 6) is -4.74. The van der Waals surface area contributed by atoms with E-state index in [2.05, 4.69) is 26.1 Å². The third-order valence-corrected chi connectivity index (χ3v) is 12.0. The summed E-state index contributed by atoms with van der Waals surface area (Å²) in [6.07, 6.45) is 2.52.